The summed E-state index contributed by atoms with van der Waals surface area (Å²) in [6, 6.07) is -0.00497. The Bertz CT molecular complexity index is 855. The van der Waals surface area contributed by atoms with Crippen molar-refractivity contribution in [1.82, 2.24) is 4.57 Å². The van der Waals surface area contributed by atoms with Crippen molar-refractivity contribution in [1.29, 1.82) is 0 Å². The van der Waals surface area contributed by atoms with E-state index in [2.05, 4.69) is 36.0 Å². The first-order chi connectivity index (χ1) is 13.6. The largest absolute Gasteiger partial charge is 0.505 e. The quantitative estimate of drug-likeness (QED) is 0.224. The van der Waals surface area contributed by atoms with Gasteiger partial charge in [-0.3, -0.25) is 9.36 Å². The summed E-state index contributed by atoms with van der Waals surface area (Å²) in [5, 5.41) is 16.7. The minimum atomic E-state index is -1.41. The molecule has 1 unspecified atom stereocenters. The summed E-state index contributed by atoms with van der Waals surface area (Å²) < 4.78 is 12.2. The van der Waals surface area contributed by atoms with Gasteiger partial charge < -0.3 is 14.6 Å². The van der Waals surface area contributed by atoms with Crippen LogP contribution in [0.5, 0.6) is 5.75 Å². The molecule has 158 valence electrons. The molecule has 1 heterocycles. The molecular weight excluding hydrogens is 450 g/mol. The fourth-order valence-corrected chi connectivity index (χ4v) is 2.63. The Morgan fingerprint density at radius 3 is 2.45 bits per heavy atom. The molecule has 0 saturated heterocycles. The molecule has 0 fully saturated rings. The molecule has 1 atom stereocenters. The van der Waals surface area contributed by atoms with Gasteiger partial charge in [-0.15, -0.1) is 0 Å². The number of hydrogen-bond acceptors (Lipinski definition) is 7. The minimum absolute atomic E-state index is 0.0805. The van der Waals surface area contributed by atoms with Gasteiger partial charge in [-0.2, -0.15) is 0 Å². The second-order valence-electron chi connectivity index (χ2n) is 6.63. The molecule has 1 rings (SSSR count). The molecule has 0 aliphatic carbocycles. The monoisotopic (exact) mass is 471 g/mol. The van der Waals surface area contributed by atoms with Crippen LogP contribution < -0.4 is 5.56 Å². The molecule has 0 aromatic carbocycles. The Morgan fingerprint density at radius 1 is 1.34 bits per heavy atom. The normalized spacial score (nSPS) is 13.7. The van der Waals surface area contributed by atoms with Crippen LogP contribution in [0.25, 0.3) is 20.9 Å². The van der Waals surface area contributed by atoms with E-state index >= 15 is 0 Å². The molecule has 0 spiro atoms. The summed E-state index contributed by atoms with van der Waals surface area (Å²) in [6.45, 7) is 4.68. The van der Waals surface area contributed by atoms with Gasteiger partial charge in [-0.1, -0.05) is 10.2 Å². The maximum absolute atomic E-state index is 12.9. The van der Waals surface area contributed by atoms with Crippen LogP contribution in [0, 0.1) is 0 Å². The number of halogens is 1. The highest BCUT2D eigenvalue weighted by Crippen LogP contribution is 2.25. The molecular formula is C16H22BrN7O5. The van der Waals surface area contributed by atoms with Crippen LogP contribution in [-0.4, -0.2) is 47.0 Å². The van der Waals surface area contributed by atoms with Gasteiger partial charge in [-0.05, 0) is 47.8 Å². The molecule has 0 radical (unpaired) electrons. The fourth-order valence-electron chi connectivity index (χ4n) is 2.33. The zero-order valence-corrected chi connectivity index (χ0v) is 17.8. The van der Waals surface area contributed by atoms with Crippen molar-refractivity contribution in [3.05, 3.63) is 48.0 Å². The number of carbonyl (C=O) groups excluding carboxylic acids is 1. The molecule has 1 N–H and O–H groups in total. The van der Waals surface area contributed by atoms with E-state index in [0.29, 0.717) is 0 Å². The number of azide groups is 2. The van der Waals surface area contributed by atoms with Crippen molar-refractivity contribution in [3.63, 3.8) is 0 Å². The predicted molar refractivity (Wildman–Crippen MR) is 107 cm³/mol. The van der Waals surface area contributed by atoms with Gasteiger partial charge in [0.05, 0.1) is 29.9 Å². The van der Waals surface area contributed by atoms with Gasteiger partial charge in [0.15, 0.2) is 0 Å². The third-order valence-electron chi connectivity index (χ3n) is 3.74. The van der Waals surface area contributed by atoms with E-state index in [1.807, 2.05) is 13.8 Å². The SMILES string of the molecule is CC(C)OCCC(C(=O)OC(C)(CN=[N+]=[N-])CN=[N+]=[N-])n1cc(O)c(Br)cc1=O. The van der Waals surface area contributed by atoms with E-state index in [0.717, 1.165) is 16.8 Å². The van der Waals surface area contributed by atoms with E-state index in [9.17, 15) is 14.7 Å². The van der Waals surface area contributed by atoms with Crippen LogP contribution in [-0.2, 0) is 14.3 Å². The third-order valence-corrected chi connectivity index (χ3v) is 4.38. The molecule has 13 heteroatoms. The summed E-state index contributed by atoms with van der Waals surface area (Å²) >= 11 is 3.05. The maximum Gasteiger partial charge on any atom is 0.329 e. The number of ether oxygens (including phenoxy) is 2. The Kier molecular flexibility index (Phi) is 9.49. The van der Waals surface area contributed by atoms with E-state index < -0.39 is 23.2 Å². The number of aromatic nitrogens is 1. The van der Waals surface area contributed by atoms with Crippen LogP contribution in [0.3, 0.4) is 0 Å². The van der Waals surface area contributed by atoms with Crippen molar-refractivity contribution >= 4 is 21.9 Å². The summed E-state index contributed by atoms with van der Waals surface area (Å²) in [5.41, 5.74) is 15.2. The Hall–Kier alpha value is -2.72. The fraction of sp³-hybridized carbons (Fsp3) is 0.625. The second-order valence-corrected chi connectivity index (χ2v) is 7.48. The zero-order chi connectivity index (χ0) is 22.0. The van der Waals surface area contributed by atoms with Crippen LogP contribution in [0.1, 0.15) is 33.2 Å². The zero-order valence-electron chi connectivity index (χ0n) is 16.2. The van der Waals surface area contributed by atoms with Crippen molar-refractivity contribution in [2.24, 2.45) is 10.2 Å². The molecule has 0 bridgehead atoms. The lowest BCUT2D eigenvalue weighted by molar-refractivity contribution is -0.161. The average Bonchev–Trinajstić information content (AvgIpc) is 2.65. The van der Waals surface area contributed by atoms with Crippen LogP contribution >= 0.6 is 15.9 Å². The smallest absolute Gasteiger partial charge is 0.329 e. The second kappa shape index (κ2) is 11.3. The molecule has 29 heavy (non-hydrogen) atoms. The highest BCUT2D eigenvalue weighted by molar-refractivity contribution is 9.10. The third kappa shape index (κ3) is 7.66. The number of hydrogen-bond donors (Lipinski definition) is 1. The number of nitrogens with zero attached hydrogens (tertiary/aromatic N) is 7. The highest BCUT2D eigenvalue weighted by Gasteiger charge is 2.33. The molecule has 1 aromatic heterocycles. The van der Waals surface area contributed by atoms with Gasteiger partial charge in [0.2, 0.25) is 0 Å². The van der Waals surface area contributed by atoms with Gasteiger partial charge in [0.1, 0.15) is 17.4 Å². The topological polar surface area (TPSA) is 175 Å². The van der Waals surface area contributed by atoms with E-state index in [1.54, 1.807) is 0 Å². The number of aromatic hydroxyl groups is 1. The number of carbonyl (C=O) groups is 1. The molecule has 0 aliphatic heterocycles. The number of rotatable bonds is 11. The molecule has 0 saturated carbocycles. The number of esters is 1. The highest BCUT2D eigenvalue weighted by atomic mass is 79.9. The predicted octanol–water partition coefficient (Wildman–Crippen LogP) is 3.60. The van der Waals surface area contributed by atoms with Crippen molar-refractivity contribution in [2.75, 3.05) is 19.7 Å². The Morgan fingerprint density at radius 2 is 1.93 bits per heavy atom. The number of pyridine rings is 1. The molecule has 1 aromatic rings. The van der Waals surface area contributed by atoms with E-state index in [1.165, 1.54) is 6.92 Å². The van der Waals surface area contributed by atoms with Crippen LogP contribution in [0.15, 0.2) is 31.8 Å². The lowest BCUT2D eigenvalue weighted by atomic mass is 10.1. The first-order valence-electron chi connectivity index (χ1n) is 8.60. The average molecular weight is 472 g/mol. The summed E-state index contributed by atoms with van der Waals surface area (Å²) in [5.74, 6) is -1.07. The first-order valence-corrected chi connectivity index (χ1v) is 9.39. The lowest BCUT2D eigenvalue weighted by Gasteiger charge is -2.29. The molecule has 0 amide bonds. The Balaban J connectivity index is 3.24. The standard InChI is InChI=1S/C16H22BrN7O5/c1-10(2)28-5-4-12(24-7-13(25)11(17)6-14(24)26)15(27)29-16(3,8-20-22-18)9-21-23-19/h6-7,10,12,25H,4-5,8-9H2,1-3H3. The maximum atomic E-state index is 12.9. The van der Waals surface area contributed by atoms with Gasteiger partial charge in [-0.25, -0.2) is 4.79 Å². The Labute approximate surface area is 174 Å². The molecule has 0 aliphatic rings. The summed E-state index contributed by atoms with van der Waals surface area (Å²) in [7, 11) is 0. The first kappa shape index (κ1) is 24.3. The van der Waals surface area contributed by atoms with Crippen molar-refractivity contribution < 1.29 is 19.4 Å². The minimum Gasteiger partial charge on any atom is -0.505 e. The summed E-state index contributed by atoms with van der Waals surface area (Å²) in [4.78, 5) is 30.6. The van der Waals surface area contributed by atoms with Gasteiger partial charge in [0, 0.05) is 28.9 Å². The van der Waals surface area contributed by atoms with E-state index in [-0.39, 0.29) is 42.4 Å². The van der Waals surface area contributed by atoms with Crippen molar-refractivity contribution in [2.45, 2.75) is 44.9 Å². The van der Waals surface area contributed by atoms with Crippen LogP contribution in [0.4, 0.5) is 0 Å². The molecule has 12 nitrogen and oxygen atoms in total. The lowest BCUT2D eigenvalue weighted by Crippen LogP contribution is -2.42. The van der Waals surface area contributed by atoms with Gasteiger partial charge >= 0.3 is 5.97 Å². The van der Waals surface area contributed by atoms with Crippen LogP contribution in [0.2, 0.25) is 0 Å². The van der Waals surface area contributed by atoms with Gasteiger partial charge in [0.25, 0.3) is 5.56 Å². The van der Waals surface area contributed by atoms with E-state index in [4.69, 9.17) is 20.5 Å². The van der Waals surface area contributed by atoms with Crippen molar-refractivity contribution in [3.8, 4) is 5.75 Å². The summed E-state index contributed by atoms with van der Waals surface area (Å²) in [6.07, 6.45) is 1.10.